The highest BCUT2D eigenvalue weighted by Gasteiger charge is 2.35. The lowest BCUT2D eigenvalue weighted by atomic mass is 10.0. The molecule has 144 valence electrons. The van der Waals surface area contributed by atoms with Crippen molar-refractivity contribution in [3.8, 4) is 0 Å². The molecule has 1 aromatic heterocycles. The Morgan fingerprint density at radius 3 is 2.37 bits per heavy atom. The van der Waals surface area contributed by atoms with Crippen molar-refractivity contribution in [2.75, 3.05) is 6.26 Å². The lowest BCUT2D eigenvalue weighted by Crippen LogP contribution is -2.31. The van der Waals surface area contributed by atoms with Gasteiger partial charge in [-0.25, -0.2) is 9.97 Å². The summed E-state index contributed by atoms with van der Waals surface area (Å²) in [7, 11) is 0. The summed E-state index contributed by atoms with van der Waals surface area (Å²) < 4.78 is 38.5. The molecule has 27 heavy (non-hydrogen) atoms. The van der Waals surface area contributed by atoms with Crippen molar-refractivity contribution in [2.45, 2.75) is 30.5 Å². The summed E-state index contributed by atoms with van der Waals surface area (Å²) in [5.74, 6) is -3.50. The number of aromatic nitrogens is 2. The van der Waals surface area contributed by atoms with Crippen molar-refractivity contribution < 1.29 is 27.9 Å². The Balaban J connectivity index is 2.30. The number of rotatable bonds is 6. The Hall–Kier alpha value is -2.62. The van der Waals surface area contributed by atoms with Gasteiger partial charge >= 0.3 is 12.1 Å². The number of amides is 1. The monoisotopic (exact) mass is 399 g/mol. The van der Waals surface area contributed by atoms with Crippen molar-refractivity contribution in [1.29, 1.82) is 0 Å². The summed E-state index contributed by atoms with van der Waals surface area (Å²) in [6.07, 6.45) is -3.35. The fourth-order valence-corrected chi connectivity index (χ4v) is 2.72. The number of aliphatic carboxylic acids is 1. The number of carbonyl (C=O) groups excluding carboxylic acids is 1. The minimum atomic E-state index is -4.80. The number of alkyl halides is 3. The van der Waals surface area contributed by atoms with E-state index in [1.807, 2.05) is 6.26 Å². The molecule has 2 rings (SSSR count). The zero-order valence-electron chi connectivity index (χ0n) is 14.4. The first kappa shape index (κ1) is 20.7. The molecule has 0 radical (unpaired) electrons. The predicted molar refractivity (Wildman–Crippen MR) is 92.5 cm³/mol. The van der Waals surface area contributed by atoms with Crippen LogP contribution in [0.25, 0.3) is 0 Å². The molecule has 1 unspecified atom stereocenters. The van der Waals surface area contributed by atoms with Gasteiger partial charge in [0.25, 0.3) is 5.91 Å². The molecule has 0 bridgehead atoms. The second-order valence-corrected chi connectivity index (χ2v) is 6.49. The van der Waals surface area contributed by atoms with Gasteiger partial charge in [0.05, 0.1) is 12.5 Å². The summed E-state index contributed by atoms with van der Waals surface area (Å²) in [4.78, 5) is 31.0. The number of halogens is 3. The third kappa shape index (κ3) is 5.68. The molecule has 0 aliphatic heterocycles. The summed E-state index contributed by atoms with van der Waals surface area (Å²) in [5, 5.41) is 11.5. The molecule has 10 heteroatoms. The molecule has 1 amide bonds. The van der Waals surface area contributed by atoms with E-state index in [-0.39, 0.29) is 5.69 Å². The standard InChI is InChI=1S/C17H16F3N3O3S/c1-9-7-13(23-16(21-9)17(18,19)20)15(26)22-12(8-14(24)25)10-3-5-11(27-2)6-4-10/h3-7,12H,8H2,1-2H3,(H,22,26)(H,24,25). The van der Waals surface area contributed by atoms with Gasteiger partial charge in [-0.3, -0.25) is 9.59 Å². The first-order valence-corrected chi connectivity index (χ1v) is 8.92. The number of hydrogen-bond acceptors (Lipinski definition) is 5. The largest absolute Gasteiger partial charge is 0.481 e. The Bertz CT molecular complexity index is 842. The van der Waals surface area contributed by atoms with Gasteiger partial charge in [-0.2, -0.15) is 13.2 Å². The highest BCUT2D eigenvalue weighted by atomic mass is 32.2. The van der Waals surface area contributed by atoms with Crippen LogP contribution in [0.5, 0.6) is 0 Å². The average Bonchev–Trinajstić information content (AvgIpc) is 2.59. The SMILES string of the molecule is CSc1ccc(C(CC(=O)O)NC(=O)c2cc(C)nc(C(F)(F)F)n2)cc1. The van der Waals surface area contributed by atoms with Gasteiger partial charge in [-0.15, -0.1) is 11.8 Å². The van der Waals surface area contributed by atoms with Gasteiger partial charge in [0.15, 0.2) is 0 Å². The highest BCUT2D eigenvalue weighted by Crippen LogP contribution is 2.27. The van der Waals surface area contributed by atoms with E-state index in [1.54, 1.807) is 24.3 Å². The topological polar surface area (TPSA) is 92.2 Å². The van der Waals surface area contributed by atoms with Crippen LogP contribution in [0.4, 0.5) is 13.2 Å². The van der Waals surface area contributed by atoms with E-state index in [0.29, 0.717) is 5.56 Å². The van der Waals surface area contributed by atoms with Gasteiger partial charge in [0.2, 0.25) is 5.82 Å². The van der Waals surface area contributed by atoms with Gasteiger partial charge in [0.1, 0.15) is 5.69 Å². The maximum atomic E-state index is 12.8. The van der Waals surface area contributed by atoms with Gasteiger partial charge in [0, 0.05) is 10.6 Å². The van der Waals surface area contributed by atoms with E-state index < -0.39 is 42.0 Å². The fourth-order valence-electron chi connectivity index (χ4n) is 2.31. The minimum absolute atomic E-state index is 0.0263. The number of aryl methyl sites for hydroxylation is 1. The number of carboxylic acid groups (broad SMARTS) is 1. The number of carboxylic acids is 1. The molecule has 0 aliphatic carbocycles. The quantitative estimate of drug-likeness (QED) is 0.723. The first-order chi connectivity index (χ1) is 12.6. The Morgan fingerprint density at radius 1 is 1.22 bits per heavy atom. The molecule has 6 nitrogen and oxygen atoms in total. The fraction of sp³-hybridized carbons (Fsp3) is 0.294. The zero-order valence-corrected chi connectivity index (χ0v) is 15.2. The smallest absolute Gasteiger partial charge is 0.451 e. The predicted octanol–water partition coefficient (Wildman–Crippen LogP) is 3.47. The molecule has 0 saturated heterocycles. The molecular weight excluding hydrogens is 383 g/mol. The second-order valence-electron chi connectivity index (χ2n) is 5.61. The number of nitrogens with zero attached hydrogens (tertiary/aromatic N) is 2. The second kappa shape index (κ2) is 8.38. The van der Waals surface area contributed by atoms with E-state index >= 15 is 0 Å². The average molecular weight is 399 g/mol. The lowest BCUT2D eigenvalue weighted by molar-refractivity contribution is -0.145. The van der Waals surface area contributed by atoms with Crippen molar-refractivity contribution in [1.82, 2.24) is 15.3 Å². The maximum Gasteiger partial charge on any atom is 0.451 e. The van der Waals surface area contributed by atoms with Crippen LogP contribution in [0.1, 0.15) is 40.0 Å². The third-order valence-corrected chi connectivity index (χ3v) is 4.29. The van der Waals surface area contributed by atoms with Gasteiger partial charge < -0.3 is 10.4 Å². The van der Waals surface area contributed by atoms with Crippen LogP contribution >= 0.6 is 11.8 Å². The van der Waals surface area contributed by atoms with E-state index in [1.165, 1.54) is 18.7 Å². The highest BCUT2D eigenvalue weighted by molar-refractivity contribution is 7.98. The Morgan fingerprint density at radius 2 is 1.85 bits per heavy atom. The maximum absolute atomic E-state index is 12.8. The zero-order chi connectivity index (χ0) is 20.2. The lowest BCUT2D eigenvalue weighted by Gasteiger charge is -2.18. The van der Waals surface area contributed by atoms with Crippen molar-refractivity contribution in [3.63, 3.8) is 0 Å². The van der Waals surface area contributed by atoms with Crippen LogP contribution in [0.2, 0.25) is 0 Å². The van der Waals surface area contributed by atoms with Crippen LogP contribution < -0.4 is 5.32 Å². The molecule has 2 aromatic rings. The summed E-state index contributed by atoms with van der Waals surface area (Å²) in [5.41, 5.74) is 0.0119. The number of thioether (sulfide) groups is 1. The number of hydrogen-bond donors (Lipinski definition) is 2. The molecule has 1 heterocycles. The molecule has 1 atom stereocenters. The Labute approximate surface area is 157 Å². The molecular formula is C17H16F3N3O3S. The molecule has 0 saturated carbocycles. The molecule has 0 aliphatic rings. The van der Waals surface area contributed by atoms with Crippen LogP contribution in [0.3, 0.4) is 0 Å². The van der Waals surface area contributed by atoms with Crippen LogP contribution in [-0.4, -0.2) is 33.2 Å². The third-order valence-electron chi connectivity index (χ3n) is 3.54. The van der Waals surface area contributed by atoms with E-state index in [0.717, 1.165) is 11.0 Å². The molecule has 0 spiro atoms. The van der Waals surface area contributed by atoms with Crippen LogP contribution in [0, 0.1) is 6.92 Å². The van der Waals surface area contributed by atoms with Crippen LogP contribution in [0.15, 0.2) is 35.2 Å². The van der Waals surface area contributed by atoms with E-state index in [9.17, 15) is 22.8 Å². The van der Waals surface area contributed by atoms with Crippen molar-refractivity contribution in [2.24, 2.45) is 0 Å². The summed E-state index contributed by atoms with van der Waals surface area (Å²) in [6, 6.07) is 7.03. The summed E-state index contributed by atoms with van der Waals surface area (Å²) in [6.45, 7) is 1.31. The summed E-state index contributed by atoms with van der Waals surface area (Å²) >= 11 is 1.49. The van der Waals surface area contributed by atoms with Crippen molar-refractivity contribution in [3.05, 3.63) is 53.1 Å². The van der Waals surface area contributed by atoms with E-state index in [2.05, 4.69) is 15.3 Å². The normalized spacial score (nSPS) is 12.5. The first-order valence-electron chi connectivity index (χ1n) is 7.69. The molecule has 0 fully saturated rings. The van der Waals surface area contributed by atoms with Crippen molar-refractivity contribution >= 4 is 23.6 Å². The van der Waals surface area contributed by atoms with Gasteiger partial charge in [-0.05, 0) is 36.9 Å². The molecule has 1 aromatic carbocycles. The minimum Gasteiger partial charge on any atom is -0.481 e. The molecule has 2 N–H and O–H groups in total. The number of nitrogens with one attached hydrogen (secondary N) is 1. The van der Waals surface area contributed by atoms with E-state index in [4.69, 9.17) is 5.11 Å². The number of carbonyl (C=O) groups is 2. The number of benzene rings is 1. The Kier molecular flexibility index (Phi) is 6.42. The van der Waals surface area contributed by atoms with Gasteiger partial charge in [-0.1, -0.05) is 12.1 Å². The van der Waals surface area contributed by atoms with Crippen LogP contribution in [-0.2, 0) is 11.0 Å².